The third-order valence-electron chi connectivity index (χ3n) is 3.00. The molecule has 0 bridgehead atoms. The fourth-order valence-electron chi connectivity index (χ4n) is 1.98. The average Bonchev–Trinajstić information content (AvgIpc) is 2.69. The highest BCUT2D eigenvalue weighted by Crippen LogP contribution is 2.36. The first-order valence-electron chi connectivity index (χ1n) is 5.37. The molecule has 5 heteroatoms. The predicted octanol–water partition coefficient (Wildman–Crippen LogP) is 1.71. The molecule has 1 unspecified atom stereocenters. The minimum Gasteiger partial charge on any atom is -0.783 e. The van der Waals surface area contributed by atoms with Crippen molar-refractivity contribution in [3.8, 4) is 11.5 Å². The average molecular weight is 238 g/mol. The first kappa shape index (κ1) is 12.2. The Bertz CT molecular complexity index is 409. The number of rotatable bonds is 3. The highest BCUT2D eigenvalue weighted by molar-refractivity contribution is 5.44. The summed E-state index contributed by atoms with van der Waals surface area (Å²) in [6, 6.07) is 5.55. The molecular weight excluding hydrogens is 222 g/mol. The molecule has 0 saturated carbocycles. The second-order valence-electron chi connectivity index (χ2n) is 4.21. The Kier molecular flexibility index (Phi) is 3.24. The van der Waals surface area contributed by atoms with Gasteiger partial charge in [0.2, 0.25) is 0 Å². The maximum absolute atomic E-state index is 11.2. The lowest BCUT2D eigenvalue weighted by Gasteiger charge is -2.26. The molecule has 0 radical (unpaired) electrons. The lowest BCUT2D eigenvalue weighted by molar-refractivity contribution is 0.0181. The lowest BCUT2D eigenvalue weighted by atomic mass is 9.96. The predicted molar refractivity (Wildman–Crippen MR) is 62.9 cm³/mol. The third-order valence-corrected chi connectivity index (χ3v) is 3.00. The number of hydroxylamine groups is 2. The molecule has 1 heterocycles. The first-order valence-corrected chi connectivity index (χ1v) is 5.37. The van der Waals surface area contributed by atoms with Crippen LogP contribution in [0.4, 0.5) is 0 Å². The molecule has 0 amide bonds. The number of hydrogen-bond acceptors (Lipinski definition) is 5. The molecule has 1 fully saturated rings. The van der Waals surface area contributed by atoms with E-state index in [9.17, 15) is 5.21 Å². The molecule has 1 saturated heterocycles. The van der Waals surface area contributed by atoms with Gasteiger partial charge in [0.15, 0.2) is 11.5 Å². The summed E-state index contributed by atoms with van der Waals surface area (Å²) in [6.07, 6.45) is 0. The van der Waals surface area contributed by atoms with E-state index in [0.717, 1.165) is 10.6 Å². The molecule has 94 valence electrons. The molecule has 5 nitrogen and oxygen atoms in total. The van der Waals surface area contributed by atoms with Crippen LogP contribution < -0.4 is 9.47 Å². The Morgan fingerprint density at radius 1 is 1.29 bits per heavy atom. The van der Waals surface area contributed by atoms with Crippen LogP contribution in [0.1, 0.15) is 12.5 Å². The van der Waals surface area contributed by atoms with Crippen LogP contribution >= 0.6 is 0 Å². The summed E-state index contributed by atoms with van der Waals surface area (Å²) in [7, 11) is 3.17. The van der Waals surface area contributed by atoms with Crippen molar-refractivity contribution in [2.24, 2.45) is 0 Å². The Morgan fingerprint density at radius 2 is 2.00 bits per heavy atom. The van der Waals surface area contributed by atoms with Gasteiger partial charge in [-0.15, -0.1) is 0 Å². The second-order valence-corrected chi connectivity index (χ2v) is 4.21. The van der Waals surface area contributed by atoms with Crippen LogP contribution in [-0.2, 0) is 10.3 Å². The number of methoxy groups -OCH3 is 2. The van der Waals surface area contributed by atoms with Gasteiger partial charge < -0.3 is 24.5 Å². The minimum atomic E-state index is -0.582. The van der Waals surface area contributed by atoms with E-state index in [4.69, 9.17) is 14.2 Å². The molecule has 1 atom stereocenters. The molecule has 1 aromatic rings. The van der Waals surface area contributed by atoms with Crippen molar-refractivity contribution >= 4 is 0 Å². The largest absolute Gasteiger partial charge is 0.783 e. The van der Waals surface area contributed by atoms with E-state index in [1.807, 2.05) is 25.1 Å². The molecule has 0 spiro atoms. The van der Waals surface area contributed by atoms with Crippen LogP contribution in [0.5, 0.6) is 11.5 Å². The van der Waals surface area contributed by atoms with E-state index in [2.05, 4.69) is 0 Å². The van der Waals surface area contributed by atoms with Crippen LogP contribution in [0, 0.1) is 5.21 Å². The van der Waals surface area contributed by atoms with Gasteiger partial charge in [0, 0.05) is 6.54 Å². The van der Waals surface area contributed by atoms with Crippen LogP contribution in [0.15, 0.2) is 18.2 Å². The highest BCUT2D eigenvalue weighted by Gasteiger charge is 2.33. The van der Waals surface area contributed by atoms with Gasteiger partial charge in [0.05, 0.1) is 21.0 Å². The van der Waals surface area contributed by atoms with Crippen LogP contribution in [0.2, 0.25) is 0 Å². The first-order chi connectivity index (χ1) is 8.09. The zero-order valence-corrected chi connectivity index (χ0v) is 10.2. The fourth-order valence-corrected chi connectivity index (χ4v) is 1.98. The van der Waals surface area contributed by atoms with E-state index >= 15 is 0 Å². The zero-order valence-electron chi connectivity index (χ0n) is 10.2. The maximum atomic E-state index is 11.2. The summed E-state index contributed by atoms with van der Waals surface area (Å²) < 4.78 is 15.9. The van der Waals surface area contributed by atoms with Crippen molar-refractivity contribution in [1.29, 1.82) is 0 Å². The number of hydrogen-bond donors (Lipinski definition) is 0. The van der Waals surface area contributed by atoms with Crippen molar-refractivity contribution in [3.63, 3.8) is 0 Å². The monoisotopic (exact) mass is 238 g/mol. The highest BCUT2D eigenvalue weighted by atomic mass is 16.6. The molecule has 0 aliphatic carbocycles. The van der Waals surface area contributed by atoms with Crippen LogP contribution in [0.3, 0.4) is 0 Å². The van der Waals surface area contributed by atoms with Gasteiger partial charge in [-0.3, -0.25) is 0 Å². The summed E-state index contributed by atoms with van der Waals surface area (Å²) in [5.41, 5.74) is 0.329. The Morgan fingerprint density at radius 3 is 2.53 bits per heavy atom. The number of ether oxygens (including phenoxy) is 3. The topological polar surface area (TPSA) is 54.0 Å². The molecule has 0 aromatic heterocycles. The second kappa shape index (κ2) is 4.52. The summed E-state index contributed by atoms with van der Waals surface area (Å²) in [4.78, 5) is 0. The summed E-state index contributed by atoms with van der Waals surface area (Å²) >= 11 is 0. The van der Waals surface area contributed by atoms with Crippen molar-refractivity contribution in [2.75, 3.05) is 27.5 Å². The summed E-state index contributed by atoms with van der Waals surface area (Å²) in [6.45, 7) is 2.32. The molecular formula is C12H16NO4-. The van der Waals surface area contributed by atoms with Crippen molar-refractivity contribution < 1.29 is 14.2 Å². The van der Waals surface area contributed by atoms with Gasteiger partial charge in [-0.25, -0.2) is 0 Å². The summed E-state index contributed by atoms with van der Waals surface area (Å²) in [5, 5.41) is 12.1. The van der Waals surface area contributed by atoms with Gasteiger partial charge in [0.25, 0.3) is 0 Å². The Labute approximate surface area is 100 Å². The normalized spacial score (nSPS) is 24.9. The van der Waals surface area contributed by atoms with Gasteiger partial charge in [-0.1, -0.05) is 6.07 Å². The molecule has 0 N–H and O–H groups in total. The van der Waals surface area contributed by atoms with E-state index < -0.39 is 5.60 Å². The number of nitrogens with zero attached hydrogens (tertiary/aromatic N) is 1. The maximum Gasteiger partial charge on any atom is 0.161 e. The number of benzene rings is 1. The van der Waals surface area contributed by atoms with E-state index in [0.29, 0.717) is 18.0 Å². The fraction of sp³-hybridized carbons (Fsp3) is 0.500. The van der Waals surface area contributed by atoms with Gasteiger partial charge in [-0.05, 0) is 24.6 Å². The van der Waals surface area contributed by atoms with E-state index in [1.54, 1.807) is 14.2 Å². The smallest absolute Gasteiger partial charge is 0.161 e. The van der Waals surface area contributed by atoms with Crippen molar-refractivity contribution in [2.45, 2.75) is 12.5 Å². The van der Waals surface area contributed by atoms with E-state index in [1.165, 1.54) is 0 Å². The molecule has 1 aromatic carbocycles. The van der Waals surface area contributed by atoms with Gasteiger partial charge in [0.1, 0.15) is 5.60 Å². The summed E-state index contributed by atoms with van der Waals surface area (Å²) in [5.74, 6) is 1.30. The molecule has 1 aliphatic rings. The van der Waals surface area contributed by atoms with E-state index in [-0.39, 0.29) is 6.73 Å². The van der Waals surface area contributed by atoms with Crippen LogP contribution in [0.25, 0.3) is 0 Å². The SMILES string of the molecule is COc1ccc(C2(C)CN([O-])CO2)cc1OC. The minimum absolute atomic E-state index is 0.102. The third kappa shape index (κ3) is 2.22. The molecule has 2 rings (SSSR count). The van der Waals surface area contributed by atoms with Gasteiger partial charge in [-0.2, -0.15) is 0 Å². The zero-order chi connectivity index (χ0) is 12.5. The Balaban J connectivity index is 2.33. The Hall–Kier alpha value is -1.30. The van der Waals surface area contributed by atoms with Crippen LogP contribution in [-0.4, -0.2) is 32.6 Å². The van der Waals surface area contributed by atoms with Gasteiger partial charge >= 0.3 is 0 Å². The van der Waals surface area contributed by atoms with Crippen molar-refractivity contribution in [3.05, 3.63) is 29.0 Å². The standard InChI is InChI=1S/C12H16NO4/c1-12(7-13(14)8-17-12)9-4-5-10(15-2)11(6-9)16-3/h4-6H,7-8H2,1-3H3/q-1. The molecule has 1 aliphatic heterocycles. The molecule has 17 heavy (non-hydrogen) atoms. The van der Waals surface area contributed by atoms with Crippen molar-refractivity contribution in [1.82, 2.24) is 5.06 Å². The quantitative estimate of drug-likeness (QED) is 0.802. The lowest BCUT2D eigenvalue weighted by Crippen LogP contribution is -2.26.